The zero-order chi connectivity index (χ0) is 23.3. The Morgan fingerprint density at radius 1 is 1.19 bits per heavy atom. The van der Waals surface area contributed by atoms with Crippen molar-refractivity contribution in [3.05, 3.63) is 58.5 Å². The molecular weight excluding hydrogens is 444 g/mol. The third kappa shape index (κ3) is 5.69. The van der Waals surface area contributed by atoms with Crippen LogP contribution < -0.4 is 14.8 Å². The normalized spacial score (nSPS) is 14.9. The number of hydrogen-bond acceptors (Lipinski definition) is 6. The van der Waals surface area contributed by atoms with Crippen molar-refractivity contribution in [3.8, 4) is 11.5 Å². The van der Waals surface area contributed by atoms with Crippen molar-refractivity contribution in [1.29, 1.82) is 0 Å². The summed E-state index contributed by atoms with van der Waals surface area (Å²) < 4.78 is 11.6. The molecule has 32 heavy (non-hydrogen) atoms. The number of hydrogen-bond donors (Lipinski definition) is 1. The average Bonchev–Trinajstić information content (AvgIpc) is 3.06. The van der Waals surface area contributed by atoms with Crippen LogP contribution in [0.4, 0.5) is 5.69 Å². The third-order valence-corrected chi connectivity index (χ3v) is 6.16. The molecule has 0 bridgehead atoms. The lowest BCUT2D eigenvalue weighted by molar-refractivity contribution is -0.123. The molecule has 8 heteroatoms. The maximum Gasteiger partial charge on any atom is 0.266 e. The van der Waals surface area contributed by atoms with Gasteiger partial charge in [0.1, 0.15) is 4.32 Å². The van der Waals surface area contributed by atoms with E-state index in [1.807, 2.05) is 38.1 Å². The molecule has 0 atom stereocenters. The van der Waals surface area contributed by atoms with E-state index in [0.29, 0.717) is 20.7 Å². The van der Waals surface area contributed by atoms with Crippen LogP contribution in [-0.2, 0) is 16.0 Å². The molecule has 1 fully saturated rings. The summed E-state index contributed by atoms with van der Waals surface area (Å²) in [7, 11) is 1.53. The Balaban J connectivity index is 1.65. The number of nitrogens with zero attached hydrogens (tertiary/aromatic N) is 1. The highest BCUT2D eigenvalue weighted by Crippen LogP contribution is 2.35. The third-order valence-electron chi connectivity index (χ3n) is 4.83. The minimum atomic E-state index is -0.266. The van der Waals surface area contributed by atoms with E-state index >= 15 is 0 Å². The van der Waals surface area contributed by atoms with E-state index < -0.39 is 0 Å². The lowest BCUT2D eigenvalue weighted by atomic mass is 10.1. The van der Waals surface area contributed by atoms with Crippen LogP contribution in [0.25, 0.3) is 6.08 Å². The largest absolute Gasteiger partial charge is 0.493 e. The number of thioether (sulfide) groups is 1. The standard InChI is InChI=1S/C24H26N2O4S2/c1-5-16-6-9-18(10-7-16)25-22(27)14-30-19-11-8-17(12-20(19)29-4)13-21-23(28)26(15(2)3)24(31)32-21/h6-13,15H,5,14H2,1-4H3,(H,25,27)/b21-13-. The second kappa shape index (κ2) is 10.7. The fraction of sp³-hybridized carbons (Fsp3) is 0.292. The first-order valence-electron chi connectivity index (χ1n) is 10.3. The summed E-state index contributed by atoms with van der Waals surface area (Å²) in [6.07, 6.45) is 2.72. The van der Waals surface area contributed by atoms with Gasteiger partial charge in [-0.15, -0.1) is 0 Å². The molecule has 1 aliphatic heterocycles. The van der Waals surface area contributed by atoms with Crippen LogP contribution in [0.3, 0.4) is 0 Å². The predicted octanol–water partition coefficient (Wildman–Crippen LogP) is 4.88. The quantitative estimate of drug-likeness (QED) is 0.438. The van der Waals surface area contributed by atoms with Gasteiger partial charge in [0, 0.05) is 11.7 Å². The van der Waals surface area contributed by atoms with E-state index in [1.54, 1.807) is 29.2 Å². The summed E-state index contributed by atoms with van der Waals surface area (Å²) >= 11 is 6.60. The smallest absolute Gasteiger partial charge is 0.266 e. The Bertz CT molecular complexity index is 1050. The van der Waals surface area contributed by atoms with Gasteiger partial charge in [-0.3, -0.25) is 14.5 Å². The van der Waals surface area contributed by atoms with Crippen molar-refractivity contribution in [1.82, 2.24) is 4.90 Å². The average molecular weight is 471 g/mol. The molecule has 0 aromatic heterocycles. The molecular formula is C24H26N2O4S2. The molecule has 1 saturated heterocycles. The van der Waals surface area contributed by atoms with Gasteiger partial charge in [-0.1, -0.05) is 49.1 Å². The molecule has 0 spiro atoms. The van der Waals surface area contributed by atoms with Gasteiger partial charge in [-0.05, 0) is 61.7 Å². The fourth-order valence-corrected chi connectivity index (χ4v) is 4.66. The zero-order valence-corrected chi connectivity index (χ0v) is 20.1. The van der Waals surface area contributed by atoms with Gasteiger partial charge in [0.25, 0.3) is 11.8 Å². The van der Waals surface area contributed by atoms with E-state index in [0.717, 1.165) is 17.7 Å². The van der Waals surface area contributed by atoms with Crippen LogP contribution in [0.15, 0.2) is 47.4 Å². The minimum absolute atomic E-state index is 0.00874. The molecule has 2 aromatic carbocycles. The first-order chi connectivity index (χ1) is 15.3. The first kappa shape index (κ1) is 23.8. The SMILES string of the molecule is CCc1ccc(NC(=O)COc2ccc(/C=C3\SC(=S)N(C(C)C)C3=O)cc2OC)cc1. The van der Waals surface area contributed by atoms with Crippen LogP contribution in [0.5, 0.6) is 11.5 Å². The van der Waals surface area contributed by atoms with Gasteiger partial charge in [-0.2, -0.15) is 0 Å². The monoisotopic (exact) mass is 470 g/mol. The molecule has 2 aromatic rings. The number of thiocarbonyl (C=S) groups is 1. The summed E-state index contributed by atoms with van der Waals surface area (Å²) in [6, 6.07) is 13.0. The molecule has 0 saturated carbocycles. The topological polar surface area (TPSA) is 67.9 Å². The fourth-order valence-electron chi connectivity index (χ4n) is 3.13. The molecule has 0 aliphatic carbocycles. The van der Waals surface area contributed by atoms with Gasteiger partial charge >= 0.3 is 0 Å². The Labute approximate surface area is 198 Å². The zero-order valence-electron chi connectivity index (χ0n) is 18.5. The number of amides is 2. The molecule has 1 aliphatic rings. The number of carbonyl (C=O) groups excluding carboxylic acids is 2. The van der Waals surface area contributed by atoms with E-state index in [2.05, 4.69) is 12.2 Å². The number of methoxy groups -OCH3 is 1. The first-order valence-corrected chi connectivity index (χ1v) is 11.5. The maximum atomic E-state index is 12.6. The molecule has 168 valence electrons. The van der Waals surface area contributed by atoms with Crippen molar-refractivity contribution in [2.24, 2.45) is 0 Å². The van der Waals surface area contributed by atoms with Gasteiger partial charge in [-0.25, -0.2) is 0 Å². The van der Waals surface area contributed by atoms with Gasteiger partial charge in [0.15, 0.2) is 18.1 Å². The van der Waals surface area contributed by atoms with Gasteiger partial charge in [0.05, 0.1) is 12.0 Å². The number of benzene rings is 2. The van der Waals surface area contributed by atoms with Crippen molar-refractivity contribution in [2.45, 2.75) is 33.2 Å². The van der Waals surface area contributed by atoms with Crippen LogP contribution >= 0.6 is 24.0 Å². The summed E-state index contributed by atoms with van der Waals surface area (Å²) in [5, 5.41) is 2.81. The summed E-state index contributed by atoms with van der Waals surface area (Å²) in [5.74, 6) is 0.546. The van der Waals surface area contributed by atoms with E-state index in [4.69, 9.17) is 21.7 Å². The Hall–Kier alpha value is -2.84. The number of aryl methyl sites for hydroxylation is 1. The summed E-state index contributed by atoms with van der Waals surface area (Å²) in [4.78, 5) is 27.0. The number of carbonyl (C=O) groups is 2. The molecule has 3 rings (SSSR count). The number of ether oxygens (including phenoxy) is 2. The van der Waals surface area contributed by atoms with Gasteiger partial charge in [0.2, 0.25) is 0 Å². The van der Waals surface area contributed by atoms with Crippen LogP contribution in [0.2, 0.25) is 0 Å². The summed E-state index contributed by atoms with van der Waals surface area (Å²) in [6.45, 7) is 5.78. The van der Waals surface area contributed by atoms with Gasteiger partial charge < -0.3 is 14.8 Å². The molecule has 0 radical (unpaired) electrons. The van der Waals surface area contributed by atoms with Crippen LogP contribution in [0.1, 0.15) is 31.9 Å². The lowest BCUT2D eigenvalue weighted by Gasteiger charge is -2.18. The molecule has 2 amide bonds. The predicted molar refractivity (Wildman–Crippen MR) is 133 cm³/mol. The summed E-state index contributed by atoms with van der Waals surface area (Å²) in [5.41, 5.74) is 2.70. The highest BCUT2D eigenvalue weighted by atomic mass is 32.2. The van der Waals surface area contributed by atoms with Crippen LogP contribution in [-0.4, -0.2) is 40.8 Å². The Morgan fingerprint density at radius 3 is 2.50 bits per heavy atom. The highest BCUT2D eigenvalue weighted by Gasteiger charge is 2.33. The van der Waals surface area contributed by atoms with Crippen molar-refractivity contribution in [3.63, 3.8) is 0 Å². The molecule has 1 N–H and O–H groups in total. The number of rotatable bonds is 8. The number of nitrogens with one attached hydrogen (secondary N) is 1. The Kier molecular flexibility index (Phi) is 7.93. The molecule has 0 unspecified atom stereocenters. The maximum absolute atomic E-state index is 12.6. The van der Waals surface area contributed by atoms with Crippen LogP contribution in [0, 0.1) is 0 Å². The van der Waals surface area contributed by atoms with Crippen molar-refractivity contribution >= 4 is 51.9 Å². The minimum Gasteiger partial charge on any atom is -0.493 e. The molecule has 6 nitrogen and oxygen atoms in total. The van der Waals surface area contributed by atoms with E-state index in [9.17, 15) is 9.59 Å². The Morgan fingerprint density at radius 2 is 1.91 bits per heavy atom. The van der Waals surface area contributed by atoms with E-state index in [-0.39, 0.29) is 24.5 Å². The second-order valence-electron chi connectivity index (χ2n) is 7.44. The van der Waals surface area contributed by atoms with Crippen molar-refractivity contribution in [2.75, 3.05) is 19.0 Å². The highest BCUT2D eigenvalue weighted by molar-refractivity contribution is 8.26. The second-order valence-corrected chi connectivity index (χ2v) is 9.12. The van der Waals surface area contributed by atoms with Crippen molar-refractivity contribution < 1.29 is 19.1 Å². The van der Waals surface area contributed by atoms with E-state index in [1.165, 1.54) is 24.4 Å². The number of anilines is 1. The molecule has 1 heterocycles. The lowest BCUT2D eigenvalue weighted by Crippen LogP contribution is -2.34.